The standard InChI is InChI=1S/C21H22N4O4S/c26-21(22-15-3-4-16-17(12-15)28-10-9-27-16)14-5-7-25(8-6-14)13-19-23-20(24-29-19)18-2-1-11-30-18/h1-4,11-12,14H,5-10,13H2,(H,22,26). The predicted molar refractivity (Wildman–Crippen MR) is 112 cm³/mol. The van der Waals surface area contributed by atoms with Gasteiger partial charge in [-0.15, -0.1) is 11.3 Å². The first kappa shape index (κ1) is 19.1. The Morgan fingerprint density at radius 3 is 2.80 bits per heavy atom. The number of benzene rings is 1. The van der Waals surface area contributed by atoms with Crippen LogP contribution in [0.1, 0.15) is 18.7 Å². The summed E-state index contributed by atoms with van der Waals surface area (Å²) in [4.78, 5) is 20.4. The van der Waals surface area contributed by atoms with Crippen molar-refractivity contribution < 1.29 is 18.8 Å². The number of amides is 1. The van der Waals surface area contributed by atoms with Crippen LogP contribution in [0.4, 0.5) is 5.69 Å². The smallest absolute Gasteiger partial charge is 0.241 e. The summed E-state index contributed by atoms with van der Waals surface area (Å²) >= 11 is 1.59. The minimum absolute atomic E-state index is 0.0150. The Bertz CT molecular complexity index is 1010. The zero-order valence-corrected chi connectivity index (χ0v) is 17.2. The molecule has 0 atom stereocenters. The lowest BCUT2D eigenvalue weighted by Crippen LogP contribution is -2.37. The third-order valence-electron chi connectivity index (χ3n) is 5.34. The van der Waals surface area contributed by atoms with Crippen molar-refractivity contribution in [2.24, 2.45) is 5.92 Å². The maximum atomic E-state index is 12.7. The Balaban J connectivity index is 1.13. The van der Waals surface area contributed by atoms with E-state index in [2.05, 4.69) is 20.4 Å². The molecule has 0 saturated carbocycles. The molecule has 0 radical (unpaired) electrons. The Hall–Kier alpha value is -2.91. The van der Waals surface area contributed by atoms with Gasteiger partial charge in [0, 0.05) is 17.7 Å². The van der Waals surface area contributed by atoms with Crippen LogP contribution in [0.5, 0.6) is 11.5 Å². The Morgan fingerprint density at radius 1 is 1.17 bits per heavy atom. The molecule has 4 heterocycles. The highest BCUT2D eigenvalue weighted by Crippen LogP contribution is 2.33. The van der Waals surface area contributed by atoms with Gasteiger partial charge in [-0.3, -0.25) is 9.69 Å². The van der Waals surface area contributed by atoms with Crippen molar-refractivity contribution >= 4 is 22.9 Å². The predicted octanol–water partition coefficient (Wildman–Crippen LogP) is 3.42. The quantitative estimate of drug-likeness (QED) is 0.669. The van der Waals surface area contributed by atoms with Crippen molar-refractivity contribution in [2.45, 2.75) is 19.4 Å². The van der Waals surface area contributed by atoms with Crippen molar-refractivity contribution in [3.05, 3.63) is 41.6 Å². The third kappa shape index (κ3) is 4.17. The first-order valence-corrected chi connectivity index (χ1v) is 10.9. The molecular weight excluding hydrogens is 404 g/mol. The second-order valence-electron chi connectivity index (χ2n) is 7.39. The summed E-state index contributed by atoms with van der Waals surface area (Å²) in [5, 5.41) is 9.06. The van der Waals surface area contributed by atoms with Crippen molar-refractivity contribution in [1.82, 2.24) is 15.0 Å². The number of rotatable bonds is 5. The van der Waals surface area contributed by atoms with Crippen LogP contribution in [0, 0.1) is 5.92 Å². The Labute approximate surface area is 177 Å². The first-order valence-electron chi connectivity index (χ1n) is 10.0. The van der Waals surface area contributed by atoms with Crippen molar-refractivity contribution in [3.63, 3.8) is 0 Å². The zero-order chi connectivity index (χ0) is 20.3. The molecule has 9 heteroatoms. The fraction of sp³-hybridized carbons (Fsp3) is 0.381. The molecule has 5 rings (SSSR count). The first-order chi connectivity index (χ1) is 14.7. The number of piperidine rings is 1. The molecule has 3 aromatic rings. The summed E-state index contributed by atoms with van der Waals surface area (Å²) in [6, 6.07) is 9.45. The fourth-order valence-corrected chi connectivity index (χ4v) is 4.38. The van der Waals surface area contributed by atoms with Gasteiger partial charge >= 0.3 is 0 Å². The summed E-state index contributed by atoms with van der Waals surface area (Å²) in [5.74, 6) is 2.67. The van der Waals surface area contributed by atoms with E-state index in [4.69, 9.17) is 14.0 Å². The van der Waals surface area contributed by atoms with Gasteiger partial charge in [0.25, 0.3) is 0 Å². The van der Waals surface area contributed by atoms with E-state index < -0.39 is 0 Å². The van der Waals surface area contributed by atoms with Gasteiger partial charge in [0.2, 0.25) is 17.6 Å². The van der Waals surface area contributed by atoms with Crippen LogP contribution in [0.2, 0.25) is 0 Å². The monoisotopic (exact) mass is 426 g/mol. The molecule has 1 saturated heterocycles. The number of hydrogen-bond donors (Lipinski definition) is 1. The second kappa shape index (κ2) is 8.45. The van der Waals surface area contributed by atoms with E-state index in [-0.39, 0.29) is 11.8 Å². The summed E-state index contributed by atoms with van der Waals surface area (Å²) in [6.07, 6.45) is 1.59. The number of ether oxygens (including phenoxy) is 2. The van der Waals surface area contributed by atoms with E-state index >= 15 is 0 Å². The number of likely N-dealkylation sites (tertiary alicyclic amines) is 1. The molecule has 0 unspecified atom stereocenters. The van der Waals surface area contributed by atoms with Gasteiger partial charge in [0.05, 0.1) is 11.4 Å². The van der Waals surface area contributed by atoms with Crippen LogP contribution >= 0.6 is 11.3 Å². The average molecular weight is 426 g/mol. The highest BCUT2D eigenvalue weighted by Gasteiger charge is 2.26. The molecule has 0 aliphatic carbocycles. The molecule has 156 valence electrons. The normalized spacial score (nSPS) is 17.1. The summed E-state index contributed by atoms with van der Waals surface area (Å²) in [7, 11) is 0. The Kier molecular flexibility index (Phi) is 5.37. The SMILES string of the molecule is O=C(Nc1ccc2c(c1)OCCO2)C1CCN(Cc2nc(-c3cccs3)no2)CC1. The van der Waals surface area contributed by atoms with Gasteiger partial charge in [-0.2, -0.15) is 4.98 Å². The molecule has 2 aliphatic heterocycles. The number of fused-ring (bicyclic) bond motifs is 1. The highest BCUT2D eigenvalue weighted by molar-refractivity contribution is 7.13. The van der Waals surface area contributed by atoms with Crippen molar-refractivity contribution in [2.75, 3.05) is 31.6 Å². The number of thiophene rings is 1. The van der Waals surface area contributed by atoms with E-state index in [9.17, 15) is 4.79 Å². The number of hydrogen-bond acceptors (Lipinski definition) is 8. The fourth-order valence-electron chi connectivity index (χ4n) is 3.73. The molecule has 1 aromatic carbocycles. The van der Waals surface area contributed by atoms with E-state index in [0.29, 0.717) is 37.2 Å². The van der Waals surface area contributed by atoms with Crippen molar-refractivity contribution in [3.8, 4) is 22.2 Å². The molecular formula is C21H22N4O4S. The second-order valence-corrected chi connectivity index (χ2v) is 8.33. The molecule has 1 fully saturated rings. The van der Waals surface area contributed by atoms with Crippen LogP contribution < -0.4 is 14.8 Å². The van der Waals surface area contributed by atoms with Gasteiger partial charge in [0.1, 0.15) is 13.2 Å². The number of nitrogens with one attached hydrogen (secondary N) is 1. The number of carbonyl (C=O) groups excluding carboxylic acids is 1. The minimum Gasteiger partial charge on any atom is -0.486 e. The van der Waals surface area contributed by atoms with Gasteiger partial charge in [-0.25, -0.2) is 0 Å². The maximum absolute atomic E-state index is 12.7. The molecule has 1 amide bonds. The maximum Gasteiger partial charge on any atom is 0.241 e. The lowest BCUT2D eigenvalue weighted by Gasteiger charge is -2.30. The Morgan fingerprint density at radius 2 is 2.00 bits per heavy atom. The number of anilines is 1. The molecule has 30 heavy (non-hydrogen) atoms. The molecule has 1 N–H and O–H groups in total. The van der Waals surface area contributed by atoms with E-state index in [1.807, 2.05) is 35.7 Å². The van der Waals surface area contributed by atoms with Gasteiger partial charge in [-0.05, 0) is 49.5 Å². The minimum atomic E-state index is -0.0150. The lowest BCUT2D eigenvalue weighted by molar-refractivity contribution is -0.121. The number of carbonyl (C=O) groups is 1. The van der Waals surface area contributed by atoms with Crippen LogP contribution in [0.15, 0.2) is 40.2 Å². The lowest BCUT2D eigenvalue weighted by atomic mass is 9.96. The summed E-state index contributed by atoms with van der Waals surface area (Å²) < 4.78 is 16.5. The highest BCUT2D eigenvalue weighted by atomic mass is 32.1. The van der Waals surface area contributed by atoms with Crippen LogP contribution in [-0.2, 0) is 11.3 Å². The van der Waals surface area contributed by atoms with Crippen LogP contribution in [0.25, 0.3) is 10.7 Å². The zero-order valence-electron chi connectivity index (χ0n) is 16.4. The van der Waals surface area contributed by atoms with E-state index in [0.717, 1.165) is 42.2 Å². The summed E-state index contributed by atoms with van der Waals surface area (Å²) in [5.41, 5.74) is 0.735. The molecule has 2 aliphatic rings. The summed E-state index contributed by atoms with van der Waals surface area (Å²) in [6.45, 7) is 3.31. The topological polar surface area (TPSA) is 89.7 Å². The van der Waals surface area contributed by atoms with Crippen LogP contribution in [0.3, 0.4) is 0 Å². The van der Waals surface area contributed by atoms with Crippen molar-refractivity contribution in [1.29, 1.82) is 0 Å². The number of aromatic nitrogens is 2. The van der Waals surface area contributed by atoms with E-state index in [1.54, 1.807) is 11.3 Å². The third-order valence-corrected chi connectivity index (χ3v) is 6.20. The van der Waals surface area contributed by atoms with Gasteiger partial charge in [-0.1, -0.05) is 11.2 Å². The van der Waals surface area contributed by atoms with Gasteiger partial charge in [0.15, 0.2) is 11.5 Å². The van der Waals surface area contributed by atoms with E-state index in [1.165, 1.54) is 0 Å². The van der Waals surface area contributed by atoms with Gasteiger partial charge < -0.3 is 19.3 Å². The molecule has 0 bridgehead atoms. The molecule has 8 nitrogen and oxygen atoms in total. The number of nitrogens with zero attached hydrogens (tertiary/aromatic N) is 3. The van der Waals surface area contributed by atoms with Crippen LogP contribution in [-0.4, -0.2) is 47.3 Å². The molecule has 2 aromatic heterocycles. The molecule has 0 spiro atoms. The largest absolute Gasteiger partial charge is 0.486 e. The average Bonchev–Trinajstić information content (AvgIpc) is 3.46.